The number of aromatic nitrogens is 2. The van der Waals surface area contributed by atoms with Crippen LogP contribution in [0.4, 0.5) is 0 Å². The van der Waals surface area contributed by atoms with E-state index in [9.17, 15) is 4.79 Å². The van der Waals surface area contributed by atoms with Gasteiger partial charge in [-0.25, -0.2) is 9.98 Å². The number of nitrogens with zero attached hydrogens (tertiary/aromatic N) is 3. The maximum absolute atomic E-state index is 12.2. The number of aliphatic hydroxyl groups excluding tert-OH is 1. The summed E-state index contributed by atoms with van der Waals surface area (Å²) < 4.78 is 0. The van der Waals surface area contributed by atoms with E-state index in [1.807, 2.05) is 30.3 Å². The Morgan fingerprint density at radius 2 is 2.20 bits per heavy atom. The fourth-order valence-electron chi connectivity index (χ4n) is 3.45. The number of aliphatic imine (C=N–C) groups is 2. The Kier molecular flexibility index (Phi) is 7.51. The summed E-state index contributed by atoms with van der Waals surface area (Å²) in [5.74, 6) is 0.359. The number of amides is 1. The van der Waals surface area contributed by atoms with E-state index in [1.165, 1.54) is 6.21 Å². The lowest BCUT2D eigenvalue weighted by Gasteiger charge is -2.24. The SMILES string of the molecule is N=CC(=NC(C=N)C1CC=C(C(=O)N=CCCCO)CC1)c1nc2ccccc2[nH]1. The van der Waals surface area contributed by atoms with E-state index in [4.69, 9.17) is 15.9 Å². The predicted octanol–water partition coefficient (Wildman–Crippen LogP) is 3.12. The Balaban J connectivity index is 1.70. The van der Waals surface area contributed by atoms with E-state index in [1.54, 1.807) is 6.21 Å². The predicted molar refractivity (Wildman–Crippen MR) is 119 cm³/mol. The molecule has 1 aromatic heterocycles. The molecule has 1 aromatic carbocycles. The Morgan fingerprint density at radius 1 is 1.37 bits per heavy atom. The largest absolute Gasteiger partial charge is 0.396 e. The fraction of sp³-hybridized carbons (Fsp3) is 0.364. The Morgan fingerprint density at radius 3 is 2.87 bits per heavy atom. The van der Waals surface area contributed by atoms with Crippen molar-refractivity contribution < 1.29 is 9.90 Å². The summed E-state index contributed by atoms with van der Waals surface area (Å²) in [5.41, 5.74) is 2.76. The first kappa shape index (κ1) is 21.4. The summed E-state index contributed by atoms with van der Waals surface area (Å²) in [4.78, 5) is 28.4. The van der Waals surface area contributed by atoms with E-state index in [-0.39, 0.29) is 18.4 Å². The molecule has 0 fully saturated rings. The average molecular weight is 406 g/mol. The highest BCUT2D eigenvalue weighted by molar-refractivity contribution is 6.36. The van der Waals surface area contributed by atoms with Gasteiger partial charge in [0.1, 0.15) is 5.71 Å². The number of unbranched alkanes of at least 4 members (excludes halogenated alkanes) is 1. The zero-order valence-electron chi connectivity index (χ0n) is 16.7. The number of carbonyl (C=O) groups is 1. The number of carbonyl (C=O) groups excluding carboxylic acids is 1. The van der Waals surface area contributed by atoms with E-state index >= 15 is 0 Å². The van der Waals surface area contributed by atoms with Gasteiger partial charge >= 0.3 is 0 Å². The van der Waals surface area contributed by atoms with Gasteiger partial charge < -0.3 is 20.9 Å². The second kappa shape index (κ2) is 10.5. The number of aromatic amines is 1. The first-order chi connectivity index (χ1) is 14.7. The summed E-state index contributed by atoms with van der Waals surface area (Å²) in [5, 5.41) is 24.4. The lowest BCUT2D eigenvalue weighted by molar-refractivity contribution is -0.114. The number of hydrogen-bond acceptors (Lipinski definition) is 6. The topological polar surface area (TPSA) is 138 Å². The third kappa shape index (κ3) is 5.21. The zero-order chi connectivity index (χ0) is 21.3. The maximum Gasteiger partial charge on any atom is 0.272 e. The van der Waals surface area contributed by atoms with Crippen LogP contribution in [0.25, 0.3) is 11.0 Å². The van der Waals surface area contributed by atoms with E-state index < -0.39 is 6.04 Å². The van der Waals surface area contributed by atoms with Gasteiger partial charge in [-0.1, -0.05) is 18.2 Å². The van der Waals surface area contributed by atoms with Crippen molar-refractivity contribution in [2.24, 2.45) is 15.9 Å². The number of fused-ring (bicyclic) bond motifs is 1. The number of hydrogen-bond donors (Lipinski definition) is 4. The van der Waals surface area contributed by atoms with Gasteiger partial charge in [-0.05, 0) is 50.2 Å². The lowest BCUT2D eigenvalue weighted by Crippen LogP contribution is -2.25. The molecule has 0 radical (unpaired) electrons. The van der Waals surface area contributed by atoms with Crippen LogP contribution in [0.3, 0.4) is 0 Å². The molecule has 0 bridgehead atoms. The van der Waals surface area contributed by atoms with Crippen LogP contribution in [-0.4, -0.2) is 58.0 Å². The molecule has 4 N–H and O–H groups in total. The van der Waals surface area contributed by atoms with Crippen molar-refractivity contribution in [2.45, 2.75) is 38.1 Å². The van der Waals surface area contributed by atoms with Crippen LogP contribution in [-0.2, 0) is 4.79 Å². The molecule has 2 aromatic rings. The Labute approximate surface area is 174 Å². The Bertz CT molecular complexity index is 971. The molecule has 1 aliphatic carbocycles. The summed E-state index contributed by atoms with van der Waals surface area (Å²) in [7, 11) is 0. The van der Waals surface area contributed by atoms with Crippen LogP contribution in [0.2, 0.25) is 0 Å². The molecule has 3 rings (SSSR count). The van der Waals surface area contributed by atoms with Crippen LogP contribution >= 0.6 is 0 Å². The number of para-hydroxylation sites is 2. The van der Waals surface area contributed by atoms with Crippen molar-refractivity contribution in [1.29, 1.82) is 10.8 Å². The van der Waals surface area contributed by atoms with Crippen LogP contribution in [0.15, 0.2) is 45.9 Å². The molecule has 1 amide bonds. The van der Waals surface area contributed by atoms with Gasteiger partial charge in [0.15, 0.2) is 5.82 Å². The number of benzene rings is 1. The zero-order valence-corrected chi connectivity index (χ0v) is 16.7. The van der Waals surface area contributed by atoms with Gasteiger partial charge in [-0.3, -0.25) is 9.79 Å². The number of aliphatic hydroxyl groups is 1. The molecule has 1 aliphatic rings. The van der Waals surface area contributed by atoms with Crippen molar-refractivity contribution in [2.75, 3.05) is 6.61 Å². The van der Waals surface area contributed by atoms with E-state index in [2.05, 4.69) is 20.0 Å². The Hall–Kier alpha value is -3.26. The van der Waals surface area contributed by atoms with Crippen molar-refractivity contribution >= 4 is 41.3 Å². The molecular formula is C22H26N6O2. The van der Waals surface area contributed by atoms with Crippen LogP contribution in [0.5, 0.6) is 0 Å². The molecule has 2 atom stereocenters. The highest BCUT2D eigenvalue weighted by Gasteiger charge is 2.25. The molecule has 0 spiro atoms. The molecule has 30 heavy (non-hydrogen) atoms. The van der Waals surface area contributed by atoms with Gasteiger partial charge in [0, 0.05) is 30.8 Å². The van der Waals surface area contributed by atoms with Crippen LogP contribution in [0, 0.1) is 16.7 Å². The van der Waals surface area contributed by atoms with E-state index in [0.29, 0.717) is 42.8 Å². The highest BCUT2D eigenvalue weighted by Crippen LogP contribution is 2.28. The standard InChI is InChI=1S/C22H26N6O2/c23-13-19(15-7-9-16(10-8-15)22(30)25-11-3-4-12-29)26-20(14-24)21-27-17-5-1-2-6-18(17)28-21/h1-2,5-6,9,11,13-15,19,23-24,29H,3-4,7-8,10,12H2,(H,27,28). The smallest absolute Gasteiger partial charge is 0.272 e. The second-order valence-electron chi connectivity index (χ2n) is 7.16. The molecular weight excluding hydrogens is 380 g/mol. The molecule has 8 heteroatoms. The maximum atomic E-state index is 12.2. The van der Waals surface area contributed by atoms with Gasteiger partial charge in [0.05, 0.1) is 17.1 Å². The van der Waals surface area contributed by atoms with Crippen LogP contribution < -0.4 is 0 Å². The minimum atomic E-state index is -0.393. The normalized spacial score (nSPS) is 18.4. The summed E-state index contributed by atoms with van der Waals surface area (Å²) in [6.07, 6.45) is 9.01. The monoisotopic (exact) mass is 406 g/mol. The third-order valence-electron chi connectivity index (χ3n) is 5.14. The fourth-order valence-corrected chi connectivity index (χ4v) is 3.45. The quantitative estimate of drug-likeness (QED) is 0.376. The molecule has 0 saturated carbocycles. The summed E-state index contributed by atoms with van der Waals surface area (Å²) >= 11 is 0. The highest BCUT2D eigenvalue weighted by atomic mass is 16.2. The molecule has 2 unspecified atom stereocenters. The van der Waals surface area contributed by atoms with Gasteiger partial charge in [0.2, 0.25) is 0 Å². The van der Waals surface area contributed by atoms with E-state index in [0.717, 1.165) is 23.7 Å². The summed E-state index contributed by atoms with van der Waals surface area (Å²) in [6, 6.07) is 7.23. The number of allylic oxidation sites excluding steroid dienone is 1. The minimum Gasteiger partial charge on any atom is -0.396 e. The van der Waals surface area contributed by atoms with Gasteiger partial charge in [-0.15, -0.1) is 0 Å². The number of H-pyrrole nitrogens is 1. The molecule has 0 saturated heterocycles. The molecule has 156 valence electrons. The number of rotatable bonds is 9. The van der Waals surface area contributed by atoms with Crippen molar-refractivity contribution in [3.05, 3.63) is 41.7 Å². The molecule has 0 aliphatic heterocycles. The third-order valence-corrected chi connectivity index (χ3v) is 5.14. The summed E-state index contributed by atoms with van der Waals surface area (Å²) in [6.45, 7) is 0.0852. The first-order valence-corrected chi connectivity index (χ1v) is 10.1. The van der Waals surface area contributed by atoms with Crippen molar-refractivity contribution in [1.82, 2.24) is 9.97 Å². The first-order valence-electron chi connectivity index (χ1n) is 10.1. The molecule has 8 nitrogen and oxygen atoms in total. The van der Waals surface area contributed by atoms with Gasteiger partial charge in [-0.2, -0.15) is 0 Å². The average Bonchev–Trinajstić information content (AvgIpc) is 3.21. The number of nitrogens with one attached hydrogen (secondary N) is 3. The van der Waals surface area contributed by atoms with Gasteiger partial charge in [0.25, 0.3) is 5.91 Å². The number of imidazole rings is 1. The van der Waals surface area contributed by atoms with Crippen molar-refractivity contribution in [3.8, 4) is 0 Å². The van der Waals surface area contributed by atoms with Crippen molar-refractivity contribution in [3.63, 3.8) is 0 Å². The van der Waals surface area contributed by atoms with Crippen LogP contribution in [0.1, 0.15) is 37.9 Å². The second-order valence-corrected chi connectivity index (χ2v) is 7.16. The minimum absolute atomic E-state index is 0.0803. The molecule has 1 heterocycles. The lowest BCUT2D eigenvalue weighted by atomic mass is 9.84.